The number of hydrogen-bond acceptors (Lipinski definition) is 6. The molecule has 2 rings (SSSR count). The SMILES string of the molecule is COc1cc(C(C)NC(=O)c2nccnc2N)ccc1OC(C)C. The lowest BCUT2D eigenvalue weighted by atomic mass is 10.1. The Morgan fingerprint density at radius 2 is 1.88 bits per heavy atom. The number of carbonyl (C=O) groups is 1. The highest BCUT2D eigenvalue weighted by atomic mass is 16.5. The van der Waals surface area contributed by atoms with Crippen molar-refractivity contribution in [1.82, 2.24) is 15.3 Å². The van der Waals surface area contributed by atoms with E-state index < -0.39 is 0 Å². The second-order valence-corrected chi connectivity index (χ2v) is 5.56. The number of anilines is 1. The zero-order valence-electron chi connectivity index (χ0n) is 14.2. The molecule has 2 aromatic rings. The first-order chi connectivity index (χ1) is 11.4. The second-order valence-electron chi connectivity index (χ2n) is 5.56. The Hall–Kier alpha value is -2.83. The lowest BCUT2D eigenvalue weighted by Gasteiger charge is -2.18. The van der Waals surface area contributed by atoms with E-state index in [1.165, 1.54) is 12.4 Å². The summed E-state index contributed by atoms with van der Waals surface area (Å²) in [6.45, 7) is 5.76. The van der Waals surface area contributed by atoms with E-state index in [0.29, 0.717) is 11.5 Å². The van der Waals surface area contributed by atoms with Crippen LogP contribution in [0.4, 0.5) is 5.82 Å². The summed E-state index contributed by atoms with van der Waals surface area (Å²) in [6, 6.07) is 5.28. The van der Waals surface area contributed by atoms with Gasteiger partial charge in [-0.1, -0.05) is 6.07 Å². The van der Waals surface area contributed by atoms with E-state index >= 15 is 0 Å². The Kier molecular flexibility index (Phi) is 5.57. The monoisotopic (exact) mass is 330 g/mol. The number of nitrogens with two attached hydrogens (primary N) is 1. The molecule has 0 bridgehead atoms. The van der Waals surface area contributed by atoms with E-state index in [9.17, 15) is 4.79 Å². The predicted molar refractivity (Wildman–Crippen MR) is 91.1 cm³/mol. The summed E-state index contributed by atoms with van der Waals surface area (Å²) < 4.78 is 11.1. The number of rotatable bonds is 6. The maximum atomic E-state index is 12.3. The number of benzene rings is 1. The second kappa shape index (κ2) is 7.63. The van der Waals surface area contributed by atoms with Gasteiger partial charge in [-0.15, -0.1) is 0 Å². The molecule has 1 amide bonds. The molecule has 128 valence electrons. The molecule has 3 N–H and O–H groups in total. The molecule has 0 fully saturated rings. The van der Waals surface area contributed by atoms with Crippen LogP contribution in [-0.2, 0) is 0 Å². The van der Waals surface area contributed by atoms with Crippen LogP contribution >= 0.6 is 0 Å². The minimum absolute atomic E-state index is 0.0431. The molecule has 1 aromatic carbocycles. The molecule has 7 nitrogen and oxygen atoms in total. The van der Waals surface area contributed by atoms with Crippen LogP contribution in [0.25, 0.3) is 0 Å². The Bertz CT molecular complexity index is 719. The predicted octanol–water partition coefficient (Wildman–Crippen LogP) is 2.35. The van der Waals surface area contributed by atoms with E-state index in [0.717, 1.165) is 5.56 Å². The van der Waals surface area contributed by atoms with Crippen LogP contribution in [0.2, 0.25) is 0 Å². The number of nitrogens with one attached hydrogen (secondary N) is 1. The van der Waals surface area contributed by atoms with E-state index in [4.69, 9.17) is 15.2 Å². The fraction of sp³-hybridized carbons (Fsp3) is 0.353. The lowest BCUT2D eigenvalue weighted by Crippen LogP contribution is -2.28. The average Bonchev–Trinajstić information content (AvgIpc) is 2.54. The molecule has 1 aromatic heterocycles. The molecular weight excluding hydrogens is 308 g/mol. The van der Waals surface area contributed by atoms with Crippen molar-refractivity contribution >= 4 is 11.7 Å². The summed E-state index contributed by atoms with van der Waals surface area (Å²) in [6.07, 6.45) is 2.91. The Morgan fingerprint density at radius 3 is 2.50 bits per heavy atom. The van der Waals surface area contributed by atoms with Crippen LogP contribution < -0.4 is 20.5 Å². The molecule has 0 saturated carbocycles. The van der Waals surface area contributed by atoms with Crippen molar-refractivity contribution in [2.75, 3.05) is 12.8 Å². The summed E-state index contributed by atoms with van der Waals surface area (Å²) in [5.74, 6) is 0.990. The lowest BCUT2D eigenvalue weighted by molar-refractivity contribution is 0.0935. The van der Waals surface area contributed by atoms with Gasteiger partial charge >= 0.3 is 0 Å². The molecule has 0 spiro atoms. The Balaban J connectivity index is 2.16. The van der Waals surface area contributed by atoms with E-state index in [1.807, 2.05) is 39.0 Å². The van der Waals surface area contributed by atoms with Crippen molar-refractivity contribution in [3.05, 3.63) is 41.9 Å². The molecule has 0 aliphatic rings. The van der Waals surface area contributed by atoms with Crippen LogP contribution in [0.5, 0.6) is 11.5 Å². The van der Waals surface area contributed by atoms with Gasteiger partial charge in [-0.05, 0) is 38.5 Å². The molecule has 0 saturated heterocycles. The van der Waals surface area contributed by atoms with Crippen molar-refractivity contribution in [3.8, 4) is 11.5 Å². The highest BCUT2D eigenvalue weighted by Crippen LogP contribution is 2.31. The van der Waals surface area contributed by atoms with E-state index in [1.54, 1.807) is 7.11 Å². The number of amides is 1. The third-order valence-corrected chi connectivity index (χ3v) is 3.34. The van der Waals surface area contributed by atoms with Gasteiger partial charge in [0.25, 0.3) is 5.91 Å². The largest absolute Gasteiger partial charge is 0.493 e. The number of hydrogen-bond donors (Lipinski definition) is 2. The molecular formula is C17H22N4O3. The zero-order valence-corrected chi connectivity index (χ0v) is 14.2. The maximum Gasteiger partial charge on any atom is 0.274 e. The molecule has 0 radical (unpaired) electrons. The molecule has 24 heavy (non-hydrogen) atoms. The van der Waals surface area contributed by atoms with Gasteiger partial charge in [0.2, 0.25) is 0 Å². The maximum absolute atomic E-state index is 12.3. The normalized spacial score (nSPS) is 11.9. The minimum Gasteiger partial charge on any atom is -0.493 e. The molecule has 7 heteroatoms. The van der Waals surface area contributed by atoms with Crippen LogP contribution in [0, 0.1) is 0 Å². The molecule has 0 aliphatic heterocycles. The fourth-order valence-corrected chi connectivity index (χ4v) is 2.18. The first kappa shape index (κ1) is 17.5. The number of nitrogens with zero attached hydrogens (tertiary/aromatic N) is 2. The number of aromatic nitrogens is 2. The third-order valence-electron chi connectivity index (χ3n) is 3.34. The van der Waals surface area contributed by atoms with E-state index in [-0.39, 0.29) is 29.6 Å². The van der Waals surface area contributed by atoms with Crippen molar-refractivity contribution in [3.63, 3.8) is 0 Å². The number of carbonyl (C=O) groups excluding carboxylic acids is 1. The Labute approximate surface area is 141 Å². The molecule has 1 unspecified atom stereocenters. The fourth-order valence-electron chi connectivity index (χ4n) is 2.18. The number of ether oxygens (including phenoxy) is 2. The van der Waals surface area contributed by atoms with Crippen LogP contribution in [0.15, 0.2) is 30.6 Å². The summed E-state index contributed by atoms with van der Waals surface area (Å²) in [4.78, 5) is 20.1. The smallest absolute Gasteiger partial charge is 0.274 e. The standard InChI is InChI=1S/C17H22N4O3/c1-10(2)24-13-6-5-12(9-14(13)23-4)11(3)21-17(22)15-16(18)20-8-7-19-15/h5-11H,1-4H3,(H2,18,20)(H,21,22). The van der Waals surface area contributed by atoms with Crippen LogP contribution in [0.1, 0.15) is 42.9 Å². The van der Waals surface area contributed by atoms with Gasteiger partial charge in [0, 0.05) is 12.4 Å². The quantitative estimate of drug-likeness (QED) is 0.843. The third kappa shape index (κ3) is 4.13. The number of methoxy groups -OCH3 is 1. The van der Waals surface area contributed by atoms with E-state index in [2.05, 4.69) is 15.3 Å². The topological polar surface area (TPSA) is 99.4 Å². The molecule has 1 heterocycles. The van der Waals surface area contributed by atoms with Crippen molar-refractivity contribution in [2.45, 2.75) is 32.9 Å². The van der Waals surface area contributed by atoms with Gasteiger partial charge in [-0.25, -0.2) is 9.97 Å². The van der Waals surface area contributed by atoms with Gasteiger partial charge < -0.3 is 20.5 Å². The molecule has 0 aliphatic carbocycles. The van der Waals surface area contributed by atoms with Crippen molar-refractivity contribution in [1.29, 1.82) is 0 Å². The number of nitrogen functional groups attached to an aromatic ring is 1. The van der Waals surface area contributed by atoms with Crippen LogP contribution in [0.3, 0.4) is 0 Å². The van der Waals surface area contributed by atoms with Crippen LogP contribution in [-0.4, -0.2) is 29.1 Å². The first-order valence-corrected chi connectivity index (χ1v) is 7.64. The zero-order chi connectivity index (χ0) is 17.7. The van der Waals surface area contributed by atoms with Crippen molar-refractivity contribution in [2.24, 2.45) is 0 Å². The average molecular weight is 330 g/mol. The highest BCUT2D eigenvalue weighted by Gasteiger charge is 2.17. The van der Waals surface area contributed by atoms with Crippen molar-refractivity contribution < 1.29 is 14.3 Å². The minimum atomic E-state index is -0.380. The van der Waals surface area contributed by atoms with Gasteiger partial charge in [0.1, 0.15) is 0 Å². The summed E-state index contributed by atoms with van der Waals surface area (Å²) >= 11 is 0. The summed E-state index contributed by atoms with van der Waals surface area (Å²) in [5.41, 5.74) is 6.66. The van der Waals surface area contributed by atoms with Gasteiger partial charge in [0.05, 0.1) is 19.3 Å². The van der Waals surface area contributed by atoms with Gasteiger partial charge in [-0.3, -0.25) is 4.79 Å². The highest BCUT2D eigenvalue weighted by molar-refractivity contribution is 5.96. The van der Waals surface area contributed by atoms with Gasteiger partial charge in [0.15, 0.2) is 23.0 Å². The summed E-state index contributed by atoms with van der Waals surface area (Å²) in [5, 5.41) is 2.85. The first-order valence-electron chi connectivity index (χ1n) is 7.64. The Morgan fingerprint density at radius 1 is 1.17 bits per heavy atom. The van der Waals surface area contributed by atoms with Gasteiger partial charge in [-0.2, -0.15) is 0 Å². The molecule has 1 atom stereocenters. The summed E-state index contributed by atoms with van der Waals surface area (Å²) in [7, 11) is 1.58.